The van der Waals surface area contributed by atoms with Crippen molar-refractivity contribution < 1.29 is 23.9 Å². The average Bonchev–Trinajstić information content (AvgIpc) is 3.31. The van der Waals surface area contributed by atoms with Gasteiger partial charge in [0.25, 0.3) is 0 Å². The van der Waals surface area contributed by atoms with Crippen molar-refractivity contribution in [1.29, 1.82) is 10.5 Å². The van der Waals surface area contributed by atoms with Gasteiger partial charge in [-0.1, -0.05) is 30.8 Å². The monoisotopic (exact) mass is 491 g/mol. The van der Waals surface area contributed by atoms with Crippen LogP contribution in [0, 0.1) is 28.5 Å². The Bertz CT molecular complexity index is 1060. The molecule has 0 saturated carbocycles. The molecule has 1 aliphatic rings. The predicted molar refractivity (Wildman–Crippen MR) is 122 cm³/mol. The van der Waals surface area contributed by atoms with Crippen LogP contribution in [0.3, 0.4) is 0 Å². The van der Waals surface area contributed by atoms with Crippen molar-refractivity contribution in [3.8, 4) is 12.1 Å². The molecule has 0 radical (unpaired) electrons. The number of aromatic nitrogens is 1. The molecular weight excluding hydrogens is 468 g/mol. The number of pyridine rings is 1. The van der Waals surface area contributed by atoms with E-state index in [2.05, 4.69) is 17.1 Å². The standard InChI is InChI=1S/C21H20FN5OS.H3O3P/c1-2-15-16(11-23)20(27-9-3-4-10-27)26-21(17(15)12-24)29-18(19(25)28)13-5-7-14(22)8-6-13;1-4(2)3/h5-8,18H,2-4,9-10H2,1H3,(H2,25,28);1-3H/t18-;/m1./s1. The summed E-state index contributed by atoms with van der Waals surface area (Å²) in [6.45, 7) is 3.46. The van der Waals surface area contributed by atoms with E-state index in [1.807, 2.05) is 11.8 Å². The smallest absolute Gasteiger partial charge is 0.324 e. The quantitative estimate of drug-likeness (QED) is 0.351. The zero-order valence-electron chi connectivity index (χ0n) is 17.8. The fourth-order valence-electron chi connectivity index (χ4n) is 3.47. The third-order valence-electron chi connectivity index (χ3n) is 4.89. The molecule has 2 aromatic rings. The SMILES string of the molecule is CCc1c(C#N)c(S[C@@H](C(N)=O)c2ccc(F)cc2)nc(N2CCCC2)c1C#N.OP(O)O. The lowest BCUT2D eigenvalue weighted by Gasteiger charge is -2.22. The topological polar surface area (TPSA) is 167 Å². The molecule has 1 fully saturated rings. The van der Waals surface area contributed by atoms with Crippen LogP contribution < -0.4 is 10.6 Å². The van der Waals surface area contributed by atoms with E-state index in [9.17, 15) is 19.7 Å². The van der Waals surface area contributed by atoms with Gasteiger partial charge in [-0.25, -0.2) is 9.37 Å². The van der Waals surface area contributed by atoms with E-state index in [4.69, 9.17) is 20.4 Å². The highest BCUT2D eigenvalue weighted by molar-refractivity contribution is 8.00. The van der Waals surface area contributed by atoms with Crippen molar-refractivity contribution in [3.63, 3.8) is 0 Å². The van der Waals surface area contributed by atoms with Crippen LogP contribution in [0.4, 0.5) is 10.2 Å². The van der Waals surface area contributed by atoms with Gasteiger partial charge in [0.05, 0.1) is 11.1 Å². The molecule has 2 heterocycles. The Morgan fingerprint density at radius 2 is 1.76 bits per heavy atom. The van der Waals surface area contributed by atoms with Crippen molar-refractivity contribution in [1.82, 2.24) is 4.98 Å². The molecule has 1 aromatic carbocycles. The number of carbonyl (C=O) groups excluding carboxylic acids is 1. The summed E-state index contributed by atoms with van der Waals surface area (Å²) in [5.74, 6) is -0.483. The maximum Gasteiger partial charge on any atom is 0.324 e. The van der Waals surface area contributed by atoms with Crippen LogP contribution in [0.1, 0.15) is 47.3 Å². The van der Waals surface area contributed by atoms with Gasteiger partial charge in [0.2, 0.25) is 5.91 Å². The van der Waals surface area contributed by atoms with Gasteiger partial charge in [-0.15, -0.1) is 0 Å². The van der Waals surface area contributed by atoms with Gasteiger partial charge >= 0.3 is 8.60 Å². The van der Waals surface area contributed by atoms with Crippen LogP contribution in [0.5, 0.6) is 0 Å². The molecule has 1 aromatic heterocycles. The number of carbonyl (C=O) groups is 1. The first kappa shape index (κ1) is 26.5. The van der Waals surface area contributed by atoms with Gasteiger partial charge in [0.15, 0.2) is 0 Å². The Hall–Kier alpha value is -2.79. The van der Waals surface area contributed by atoms with Gasteiger partial charge < -0.3 is 25.3 Å². The highest BCUT2D eigenvalue weighted by Crippen LogP contribution is 2.40. The van der Waals surface area contributed by atoms with Crippen molar-refractivity contribution >= 4 is 32.1 Å². The molecule has 5 N–H and O–H groups in total. The van der Waals surface area contributed by atoms with Crippen molar-refractivity contribution in [2.24, 2.45) is 5.73 Å². The Labute approximate surface area is 196 Å². The summed E-state index contributed by atoms with van der Waals surface area (Å²) in [5, 5.41) is 19.0. The molecule has 9 nitrogen and oxygen atoms in total. The van der Waals surface area contributed by atoms with Crippen LogP contribution in [-0.2, 0) is 11.2 Å². The van der Waals surface area contributed by atoms with Crippen molar-refractivity contribution in [2.75, 3.05) is 18.0 Å². The number of hydrogen-bond donors (Lipinski definition) is 4. The first-order chi connectivity index (χ1) is 15.7. The first-order valence-corrected chi connectivity index (χ1v) is 12.0. The maximum absolute atomic E-state index is 13.3. The van der Waals surface area contributed by atoms with Crippen molar-refractivity contribution in [3.05, 3.63) is 52.3 Å². The number of rotatable bonds is 6. The van der Waals surface area contributed by atoms with Crippen molar-refractivity contribution in [2.45, 2.75) is 36.5 Å². The summed E-state index contributed by atoms with van der Waals surface area (Å²) in [6, 6.07) is 9.87. The lowest BCUT2D eigenvalue weighted by Crippen LogP contribution is -2.23. The van der Waals surface area contributed by atoms with E-state index in [0.717, 1.165) is 37.7 Å². The van der Waals surface area contributed by atoms with Gasteiger partial charge in [0.1, 0.15) is 34.0 Å². The lowest BCUT2D eigenvalue weighted by molar-refractivity contribution is -0.117. The number of hydrogen-bond acceptors (Lipinski definition) is 9. The van der Waals surface area contributed by atoms with Gasteiger partial charge in [-0.2, -0.15) is 10.5 Å². The van der Waals surface area contributed by atoms with E-state index in [1.54, 1.807) is 0 Å². The second-order valence-electron chi connectivity index (χ2n) is 6.96. The van der Waals surface area contributed by atoms with E-state index >= 15 is 0 Å². The molecule has 174 valence electrons. The molecular formula is C21H23FN5O4PS. The summed E-state index contributed by atoms with van der Waals surface area (Å²) < 4.78 is 13.3. The molecule has 3 rings (SSSR count). The number of amides is 1. The molecule has 1 amide bonds. The molecule has 33 heavy (non-hydrogen) atoms. The maximum atomic E-state index is 13.3. The highest BCUT2D eigenvalue weighted by Gasteiger charge is 2.28. The number of primary amides is 1. The number of halogens is 1. The van der Waals surface area contributed by atoms with Gasteiger partial charge in [-0.3, -0.25) is 4.79 Å². The third-order valence-corrected chi connectivity index (χ3v) is 6.15. The van der Waals surface area contributed by atoms with E-state index in [1.165, 1.54) is 24.3 Å². The first-order valence-electron chi connectivity index (χ1n) is 9.93. The van der Waals surface area contributed by atoms with Crippen LogP contribution in [-0.4, -0.2) is 38.7 Å². The zero-order valence-corrected chi connectivity index (χ0v) is 19.5. The molecule has 12 heteroatoms. The summed E-state index contributed by atoms with van der Waals surface area (Å²) in [6.07, 6.45) is 2.51. The Morgan fingerprint density at radius 1 is 1.21 bits per heavy atom. The fraction of sp³-hybridized carbons (Fsp3) is 0.333. The number of nitriles is 2. The summed E-state index contributed by atoms with van der Waals surface area (Å²) in [7, 11) is -2.62. The fourth-order valence-corrected chi connectivity index (χ4v) is 4.52. The summed E-state index contributed by atoms with van der Waals surface area (Å²) in [5.41, 5.74) is 7.45. The lowest BCUT2D eigenvalue weighted by atomic mass is 10.0. The average molecular weight is 491 g/mol. The Balaban J connectivity index is 0.000000890. The summed E-state index contributed by atoms with van der Waals surface area (Å²) in [4.78, 5) is 40.5. The molecule has 0 unspecified atom stereocenters. The molecule has 0 bridgehead atoms. The van der Waals surface area contributed by atoms with Crippen LogP contribution in [0.2, 0.25) is 0 Å². The normalized spacial score (nSPS) is 13.6. The van der Waals surface area contributed by atoms with Gasteiger partial charge in [-0.05, 0) is 42.5 Å². The second-order valence-corrected chi connectivity index (χ2v) is 8.59. The predicted octanol–water partition coefficient (Wildman–Crippen LogP) is 2.64. The van der Waals surface area contributed by atoms with Crippen LogP contribution >= 0.6 is 20.4 Å². The summed E-state index contributed by atoms with van der Waals surface area (Å²) >= 11 is 1.06. The number of benzene rings is 1. The third kappa shape index (κ3) is 6.84. The number of anilines is 1. The largest absolute Gasteiger partial charge is 0.368 e. The second kappa shape index (κ2) is 12.4. The van der Waals surface area contributed by atoms with Crippen LogP contribution in [0.15, 0.2) is 29.3 Å². The molecule has 1 saturated heterocycles. The van der Waals surface area contributed by atoms with E-state index in [-0.39, 0.29) is 5.56 Å². The molecule has 1 atom stereocenters. The minimum Gasteiger partial charge on any atom is -0.368 e. The molecule has 0 spiro atoms. The number of nitrogens with two attached hydrogens (primary N) is 1. The van der Waals surface area contributed by atoms with Crippen LogP contribution in [0.25, 0.3) is 0 Å². The zero-order chi connectivity index (χ0) is 24.5. The number of nitrogens with zero attached hydrogens (tertiary/aromatic N) is 4. The highest BCUT2D eigenvalue weighted by atomic mass is 32.2. The van der Waals surface area contributed by atoms with E-state index in [0.29, 0.717) is 34.0 Å². The minimum absolute atomic E-state index is 0.283. The Kier molecular flexibility index (Phi) is 9.98. The molecule has 1 aliphatic heterocycles. The Morgan fingerprint density at radius 3 is 2.21 bits per heavy atom. The van der Waals surface area contributed by atoms with Gasteiger partial charge in [0, 0.05) is 13.1 Å². The minimum atomic E-state index is -2.62. The molecule has 0 aliphatic carbocycles. The van der Waals surface area contributed by atoms with E-state index < -0.39 is 25.6 Å². The number of thioether (sulfide) groups is 1.